The number of ketones is 1. The number of ether oxygens (including phenoxy) is 1. The minimum atomic E-state index is -0.474. The van der Waals surface area contributed by atoms with E-state index in [4.69, 9.17) is 9.84 Å². The molecule has 2 saturated carbocycles. The molecule has 0 bridgehead atoms. The van der Waals surface area contributed by atoms with Crippen molar-refractivity contribution >= 4 is 11.7 Å². The lowest BCUT2D eigenvalue weighted by atomic mass is 9.72. The summed E-state index contributed by atoms with van der Waals surface area (Å²) >= 11 is 0. The number of hydrogen-bond acceptors (Lipinski definition) is 5. The van der Waals surface area contributed by atoms with Crippen LogP contribution in [0.5, 0.6) is 0 Å². The highest BCUT2D eigenvalue weighted by Gasteiger charge is 2.47. The van der Waals surface area contributed by atoms with Gasteiger partial charge in [-0.1, -0.05) is 25.0 Å². The highest BCUT2D eigenvalue weighted by atomic mass is 19.1. The van der Waals surface area contributed by atoms with Gasteiger partial charge in [0.05, 0.1) is 36.1 Å². The first-order valence-corrected chi connectivity index (χ1v) is 14.2. The van der Waals surface area contributed by atoms with E-state index >= 15 is 0 Å². The first-order valence-electron chi connectivity index (χ1n) is 14.2. The molecule has 8 heteroatoms. The predicted molar refractivity (Wildman–Crippen MR) is 147 cm³/mol. The minimum Gasteiger partial charge on any atom is -0.378 e. The smallest absolute Gasteiger partial charge is 0.254 e. The molecule has 3 fully saturated rings. The molecule has 2 heterocycles. The summed E-state index contributed by atoms with van der Waals surface area (Å²) in [7, 11) is 0. The lowest BCUT2D eigenvalue weighted by Crippen LogP contribution is -2.40. The molecule has 0 spiro atoms. The van der Waals surface area contributed by atoms with Crippen LogP contribution >= 0.6 is 0 Å². The average Bonchev–Trinajstić information content (AvgIpc) is 3.64. The van der Waals surface area contributed by atoms with Gasteiger partial charge >= 0.3 is 0 Å². The fraction of sp³-hybridized carbons (Fsp3) is 0.438. The number of benzene rings is 2. The van der Waals surface area contributed by atoms with Crippen molar-refractivity contribution in [2.24, 2.45) is 11.3 Å². The fourth-order valence-corrected chi connectivity index (χ4v) is 6.14. The summed E-state index contributed by atoms with van der Waals surface area (Å²) in [6.45, 7) is 2.26. The zero-order chi connectivity index (χ0) is 27.7. The molecule has 1 aliphatic heterocycles. The maximum atomic E-state index is 13.7. The Bertz CT molecular complexity index is 1430. The van der Waals surface area contributed by atoms with E-state index in [0.29, 0.717) is 38.3 Å². The molecule has 3 aliphatic rings. The van der Waals surface area contributed by atoms with Gasteiger partial charge in [0.25, 0.3) is 5.91 Å². The Hall–Kier alpha value is -3.83. The molecule has 0 radical (unpaired) electrons. The maximum Gasteiger partial charge on any atom is 0.254 e. The Labute approximate surface area is 233 Å². The third-order valence-electron chi connectivity index (χ3n) is 8.71. The van der Waals surface area contributed by atoms with Crippen molar-refractivity contribution in [3.05, 3.63) is 71.8 Å². The van der Waals surface area contributed by atoms with Crippen LogP contribution in [0.2, 0.25) is 0 Å². The third kappa shape index (κ3) is 5.31. The molecular weight excluding hydrogens is 507 g/mol. The van der Waals surface area contributed by atoms with Crippen LogP contribution in [0.1, 0.15) is 66.9 Å². The molecule has 40 heavy (non-hydrogen) atoms. The van der Waals surface area contributed by atoms with Crippen molar-refractivity contribution in [3.63, 3.8) is 0 Å². The van der Waals surface area contributed by atoms with Gasteiger partial charge in [0.2, 0.25) is 0 Å². The van der Waals surface area contributed by atoms with E-state index in [1.807, 2.05) is 35.4 Å². The van der Waals surface area contributed by atoms with Gasteiger partial charge in [0.1, 0.15) is 11.6 Å². The number of nitriles is 1. The zero-order valence-electron chi connectivity index (χ0n) is 22.5. The van der Waals surface area contributed by atoms with Gasteiger partial charge in [-0.3, -0.25) is 9.59 Å². The van der Waals surface area contributed by atoms with Crippen molar-refractivity contribution in [1.29, 1.82) is 5.26 Å². The summed E-state index contributed by atoms with van der Waals surface area (Å²) in [5.41, 5.74) is 3.54. The zero-order valence-corrected chi connectivity index (χ0v) is 22.5. The average molecular weight is 541 g/mol. The Kier molecular flexibility index (Phi) is 7.24. The molecule has 206 valence electrons. The van der Waals surface area contributed by atoms with Crippen LogP contribution in [0, 0.1) is 28.5 Å². The molecule has 0 unspecified atom stereocenters. The number of rotatable bonds is 7. The summed E-state index contributed by atoms with van der Waals surface area (Å²) in [5, 5.41) is 14.6. The summed E-state index contributed by atoms with van der Waals surface area (Å²) in [5.74, 6) is -0.417. The molecule has 1 amide bonds. The van der Waals surface area contributed by atoms with E-state index in [-0.39, 0.29) is 29.3 Å². The maximum absolute atomic E-state index is 13.7. The Morgan fingerprint density at radius 1 is 1.02 bits per heavy atom. The summed E-state index contributed by atoms with van der Waals surface area (Å²) in [6, 6.07) is 16.1. The summed E-state index contributed by atoms with van der Waals surface area (Å²) < 4.78 is 20.8. The molecular formula is C32H33FN4O3. The monoisotopic (exact) mass is 540 g/mol. The van der Waals surface area contributed by atoms with E-state index in [0.717, 1.165) is 61.0 Å². The van der Waals surface area contributed by atoms with Gasteiger partial charge in [0, 0.05) is 48.7 Å². The van der Waals surface area contributed by atoms with Gasteiger partial charge in [-0.2, -0.15) is 10.4 Å². The predicted octanol–water partition coefficient (Wildman–Crippen LogP) is 5.69. The number of hydrogen-bond donors (Lipinski definition) is 0. The number of aromatic nitrogens is 2. The molecule has 2 atom stereocenters. The second kappa shape index (κ2) is 11.0. The first kappa shape index (κ1) is 26.4. The van der Waals surface area contributed by atoms with Crippen LogP contribution in [0.15, 0.2) is 54.7 Å². The normalized spacial score (nSPS) is 21.9. The van der Waals surface area contributed by atoms with Gasteiger partial charge in [-0.25, -0.2) is 9.07 Å². The molecule has 2 aliphatic carbocycles. The van der Waals surface area contributed by atoms with Gasteiger partial charge in [-0.05, 0) is 67.6 Å². The molecule has 3 aromatic rings. The molecule has 6 rings (SSSR count). The quantitative estimate of drug-likeness (QED) is 0.384. The Morgan fingerprint density at radius 2 is 1.73 bits per heavy atom. The number of morpholine rings is 1. The lowest BCUT2D eigenvalue weighted by molar-refractivity contribution is -0.125. The number of amides is 1. The Balaban J connectivity index is 1.35. The molecule has 1 saturated heterocycles. The second-order valence-corrected chi connectivity index (χ2v) is 11.4. The van der Waals surface area contributed by atoms with Gasteiger partial charge < -0.3 is 9.64 Å². The van der Waals surface area contributed by atoms with Gasteiger partial charge in [-0.15, -0.1) is 0 Å². The van der Waals surface area contributed by atoms with Crippen LogP contribution < -0.4 is 0 Å². The molecule has 1 aromatic heterocycles. The van der Waals surface area contributed by atoms with Gasteiger partial charge in [0.15, 0.2) is 0 Å². The van der Waals surface area contributed by atoms with Crippen molar-refractivity contribution < 1.29 is 18.7 Å². The van der Waals surface area contributed by atoms with Crippen molar-refractivity contribution in [2.45, 2.75) is 50.9 Å². The third-order valence-corrected chi connectivity index (χ3v) is 8.71. The van der Waals surface area contributed by atoms with Crippen molar-refractivity contribution in [3.8, 4) is 22.9 Å². The number of halogens is 1. The standard InChI is InChI=1S/C32H33FN4O3/c33-24-9-11-25(12-10-24)37-20-28(22-5-7-23(8-6-22)31(39)36-15-17-40-18-16-36)30(35-37)27-4-2-1-3-26(27)29(38)19-32(21-34)13-14-32/h5-12,20,26-27H,1-4,13-19H2/t26-,27-/m1/s1. The van der Waals surface area contributed by atoms with E-state index in [1.54, 1.807) is 16.8 Å². The summed E-state index contributed by atoms with van der Waals surface area (Å²) in [4.78, 5) is 28.4. The van der Waals surface area contributed by atoms with Crippen molar-refractivity contribution in [2.75, 3.05) is 26.3 Å². The lowest BCUT2D eigenvalue weighted by Gasteiger charge is -2.30. The number of nitrogens with zero attached hydrogens (tertiary/aromatic N) is 4. The highest BCUT2D eigenvalue weighted by molar-refractivity contribution is 5.95. The summed E-state index contributed by atoms with van der Waals surface area (Å²) in [6.07, 6.45) is 7.48. The Morgan fingerprint density at radius 3 is 2.40 bits per heavy atom. The van der Waals surface area contributed by atoms with Crippen LogP contribution in [-0.2, 0) is 9.53 Å². The first-order chi connectivity index (χ1) is 19.5. The second-order valence-electron chi connectivity index (χ2n) is 11.4. The highest BCUT2D eigenvalue weighted by Crippen LogP contribution is 2.51. The molecule has 0 N–H and O–H groups in total. The largest absolute Gasteiger partial charge is 0.378 e. The number of carbonyl (C=O) groups is 2. The molecule has 2 aromatic carbocycles. The van der Waals surface area contributed by atoms with Crippen LogP contribution in [0.25, 0.3) is 16.8 Å². The fourth-order valence-electron chi connectivity index (χ4n) is 6.14. The van der Waals surface area contributed by atoms with Crippen LogP contribution in [-0.4, -0.2) is 52.7 Å². The van der Waals surface area contributed by atoms with E-state index in [9.17, 15) is 19.2 Å². The SMILES string of the molecule is N#CC1(CC(=O)[C@@H]2CCCC[C@H]2c2nn(-c3ccc(F)cc3)cc2-c2ccc(C(=O)N3CCOCC3)cc2)CC1. The van der Waals surface area contributed by atoms with E-state index < -0.39 is 5.41 Å². The number of Topliss-reactive ketones (excluding diaryl/α,β-unsaturated/α-hetero) is 1. The van der Waals surface area contributed by atoms with E-state index in [2.05, 4.69) is 6.07 Å². The van der Waals surface area contributed by atoms with Crippen LogP contribution in [0.3, 0.4) is 0 Å². The van der Waals surface area contributed by atoms with E-state index in [1.165, 1.54) is 12.1 Å². The number of carbonyl (C=O) groups excluding carboxylic acids is 2. The topological polar surface area (TPSA) is 88.2 Å². The molecule has 7 nitrogen and oxygen atoms in total. The minimum absolute atomic E-state index is 0.0125. The van der Waals surface area contributed by atoms with Crippen LogP contribution in [0.4, 0.5) is 4.39 Å². The van der Waals surface area contributed by atoms with Crippen molar-refractivity contribution in [1.82, 2.24) is 14.7 Å².